The first-order valence-electron chi connectivity index (χ1n) is 6.69. The molecule has 0 spiro atoms. The highest BCUT2D eigenvalue weighted by molar-refractivity contribution is 6.29. The predicted molar refractivity (Wildman–Crippen MR) is 74.8 cm³/mol. The van der Waals surface area contributed by atoms with Crippen LogP contribution in [0.3, 0.4) is 0 Å². The average molecular weight is 316 g/mol. The molecule has 1 atom stereocenters. The fourth-order valence-electron chi connectivity index (χ4n) is 2.28. The summed E-state index contributed by atoms with van der Waals surface area (Å²) in [7, 11) is 1.55. The van der Waals surface area contributed by atoms with Gasteiger partial charge in [-0.3, -0.25) is 9.59 Å². The van der Waals surface area contributed by atoms with Crippen molar-refractivity contribution in [2.45, 2.75) is 25.4 Å². The molecule has 7 nitrogen and oxygen atoms in total. The van der Waals surface area contributed by atoms with Crippen LogP contribution in [0.25, 0.3) is 0 Å². The van der Waals surface area contributed by atoms with Crippen molar-refractivity contribution in [3.63, 3.8) is 0 Å². The largest absolute Gasteiger partial charge is 0.362 e. The summed E-state index contributed by atoms with van der Waals surface area (Å²) in [5.41, 5.74) is -1.00. The van der Waals surface area contributed by atoms with Gasteiger partial charge in [0.05, 0.1) is 13.2 Å². The van der Waals surface area contributed by atoms with Crippen molar-refractivity contribution in [2.75, 3.05) is 26.7 Å². The first-order valence-corrected chi connectivity index (χ1v) is 7.07. The molecule has 1 aromatic rings. The second-order valence-corrected chi connectivity index (χ2v) is 5.48. The van der Waals surface area contributed by atoms with Gasteiger partial charge in [0, 0.05) is 32.5 Å². The molecule has 1 fully saturated rings. The van der Waals surface area contributed by atoms with E-state index in [0.29, 0.717) is 25.3 Å². The van der Waals surface area contributed by atoms with E-state index in [0.717, 1.165) is 0 Å². The number of aromatic nitrogens is 1. The first-order chi connectivity index (χ1) is 9.94. The third kappa shape index (κ3) is 3.74. The highest BCUT2D eigenvalue weighted by Crippen LogP contribution is 2.19. The van der Waals surface area contributed by atoms with Crippen molar-refractivity contribution in [2.24, 2.45) is 0 Å². The number of hydrogen-bond donors (Lipinski definition) is 1. The minimum atomic E-state index is -1.00. The summed E-state index contributed by atoms with van der Waals surface area (Å²) in [5.74, 6) is 0.277. The maximum absolute atomic E-state index is 12.2. The van der Waals surface area contributed by atoms with Crippen molar-refractivity contribution in [3.8, 4) is 0 Å². The summed E-state index contributed by atoms with van der Waals surface area (Å²) in [6.45, 7) is 2.73. The zero-order chi connectivity index (χ0) is 15.5. The van der Waals surface area contributed by atoms with Gasteiger partial charge in [0.25, 0.3) is 5.91 Å². The quantitative estimate of drug-likeness (QED) is 0.880. The Morgan fingerprint density at radius 1 is 1.57 bits per heavy atom. The van der Waals surface area contributed by atoms with Crippen LogP contribution in [-0.4, -0.2) is 54.2 Å². The van der Waals surface area contributed by atoms with Gasteiger partial charge in [-0.1, -0.05) is 16.8 Å². The van der Waals surface area contributed by atoms with Gasteiger partial charge in [0.15, 0.2) is 10.8 Å². The highest BCUT2D eigenvalue weighted by Gasteiger charge is 2.39. The molecule has 1 N–H and O–H groups in total. The topological polar surface area (TPSA) is 84.7 Å². The molecule has 1 aliphatic heterocycles. The molecule has 0 aliphatic carbocycles. The fraction of sp³-hybridized carbons (Fsp3) is 0.615. The minimum Gasteiger partial charge on any atom is -0.362 e. The van der Waals surface area contributed by atoms with E-state index in [1.807, 2.05) is 0 Å². The van der Waals surface area contributed by atoms with Crippen LogP contribution in [0.5, 0.6) is 0 Å². The van der Waals surface area contributed by atoms with Crippen molar-refractivity contribution in [1.82, 2.24) is 15.4 Å². The first kappa shape index (κ1) is 15.8. The van der Waals surface area contributed by atoms with Crippen LogP contribution in [-0.2, 0) is 20.7 Å². The molecule has 1 aliphatic rings. The molecule has 0 radical (unpaired) electrons. The standard InChI is InChI=1S/C13H18ClN3O4/c1-13(12(19)15-2)8-17(5-6-20-13)11(18)4-3-9-7-10(14)16-21-9/h7H,3-6,8H2,1-2H3,(H,15,19). The normalized spacial score (nSPS) is 22.1. The van der Waals surface area contributed by atoms with Gasteiger partial charge in [-0.25, -0.2) is 0 Å². The number of hydrogen-bond acceptors (Lipinski definition) is 5. The van der Waals surface area contributed by atoms with E-state index in [9.17, 15) is 9.59 Å². The zero-order valence-electron chi connectivity index (χ0n) is 12.0. The smallest absolute Gasteiger partial charge is 0.253 e. The number of nitrogens with zero attached hydrogens (tertiary/aromatic N) is 2. The van der Waals surface area contributed by atoms with Gasteiger partial charge >= 0.3 is 0 Å². The molecule has 116 valence electrons. The Labute approximate surface area is 127 Å². The number of carbonyl (C=O) groups excluding carboxylic acids is 2. The van der Waals surface area contributed by atoms with E-state index in [1.54, 1.807) is 24.9 Å². The van der Waals surface area contributed by atoms with Crippen LogP contribution in [0, 0.1) is 0 Å². The molecule has 0 bridgehead atoms. The lowest BCUT2D eigenvalue weighted by atomic mass is 10.0. The molecular formula is C13H18ClN3O4. The number of nitrogens with one attached hydrogen (secondary N) is 1. The fourth-order valence-corrected chi connectivity index (χ4v) is 2.43. The Morgan fingerprint density at radius 3 is 2.95 bits per heavy atom. The molecule has 1 aromatic heterocycles. The Hall–Kier alpha value is -1.60. The molecule has 21 heavy (non-hydrogen) atoms. The summed E-state index contributed by atoms with van der Waals surface area (Å²) in [5, 5.41) is 6.39. The molecule has 2 rings (SSSR count). The highest BCUT2D eigenvalue weighted by atomic mass is 35.5. The second kappa shape index (κ2) is 6.44. The Bertz CT molecular complexity index is 533. The van der Waals surface area contributed by atoms with Gasteiger partial charge in [-0.15, -0.1) is 0 Å². The van der Waals surface area contributed by atoms with Crippen molar-refractivity contribution >= 4 is 23.4 Å². The number of carbonyl (C=O) groups is 2. The van der Waals surface area contributed by atoms with Crippen LogP contribution in [0.4, 0.5) is 0 Å². The SMILES string of the molecule is CNC(=O)C1(C)CN(C(=O)CCc2cc(Cl)no2)CCO1. The number of aryl methyl sites for hydroxylation is 1. The Kier molecular flexibility index (Phi) is 4.84. The molecule has 1 unspecified atom stereocenters. The average Bonchev–Trinajstić information content (AvgIpc) is 2.89. The summed E-state index contributed by atoms with van der Waals surface area (Å²) >= 11 is 5.65. The number of rotatable bonds is 4. The van der Waals surface area contributed by atoms with Crippen LogP contribution in [0.15, 0.2) is 10.6 Å². The number of amides is 2. The predicted octanol–water partition coefficient (Wildman–Crippen LogP) is 0.624. The third-order valence-corrected chi connectivity index (χ3v) is 3.63. The maximum atomic E-state index is 12.2. The van der Waals surface area contributed by atoms with E-state index in [4.69, 9.17) is 20.9 Å². The summed E-state index contributed by atoms with van der Waals surface area (Å²) in [6, 6.07) is 1.59. The molecule has 2 heterocycles. The third-order valence-electron chi connectivity index (χ3n) is 3.45. The van der Waals surface area contributed by atoms with Crippen molar-refractivity contribution in [3.05, 3.63) is 17.0 Å². The molecular weight excluding hydrogens is 298 g/mol. The van der Waals surface area contributed by atoms with E-state index in [1.165, 1.54) is 0 Å². The number of morpholine rings is 1. The zero-order valence-corrected chi connectivity index (χ0v) is 12.8. The molecule has 0 aromatic carbocycles. The van der Waals surface area contributed by atoms with Gasteiger partial charge in [0.2, 0.25) is 5.91 Å². The van der Waals surface area contributed by atoms with Gasteiger partial charge < -0.3 is 19.5 Å². The van der Waals surface area contributed by atoms with E-state index in [2.05, 4.69) is 10.5 Å². The minimum absolute atomic E-state index is 0.0547. The second-order valence-electron chi connectivity index (χ2n) is 5.09. The van der Waals surface area contributed by atoms with Gasteiger partial charge in [-0.2, -0.15) is 0 Å². The number of halogens is 1. The maximum Gasteiger partial charge on any atom is 0.253 e. The molecule has 1 saturated heterocycles. The number of ether oxygens (including phenoxy) is 1. The lowest BCUT2D eigenvalue weighted by Gasteiger charge is -2.39. The van der Waals surface area contributed by atoms with E-state index in [-0.39, 0.29) is 29.9 Å². The van der Waals surface area contributed by atoms with Gasteiger partial charge in [0.1, 0.15) is 5.76 Å². The molecule has 8 heteroatoms. The lowest BCUT2D eigenvalue weighted by molar-refractivity contribution is -0.162. The van der Waals surface area contributed by atoms with Crippen molar-refractivity contribution in [1.29, 1.82) is 0 Å². The number of likely N-dealkylation sites (N-methyl/N-ethyl adjacent to an activating group) is 1. The summed E-state index contributed by atoms with van der Waals surface area (Å²) in [6.07, 6.45) is 0.696. The Balaban J connectivity index is 1.91. The Morgan fingerprint density at radius 2 is 2.33 bits per heavy atom. The lowest BCUT2D eigenvalue weighted by Crippen LogP contribution is -2.58. The van der Waals surface area contributed by atoms with E-state index < -0.39 is 5.60 Å². The van der Waals surface area contributed by atoms with E-state index >= 15 is 0 Å². The van der Waals surface area contributed by atoms with Crippen LogP contribution in [0.2, 0.25) is 5.15 Å². The molecule has 0 saturated carbocycles. The van der Waals surface area contributed by atoms with Crippen LogP contribution < -0.4 is 5.32 Å². The van der Waals surface area contributed by atoms with Crippen LogP contribution in [0.1, 0.15) is 19.1 Å². The summed E-state index contributed by atoms with van der Waals surface area (Å²) < 4.78 is 10.5. The monoisotopic (exact) mass is 315 g/mol. The van der Waals surface area contributed by atoms with Crippen molar-refractivity contribution < 1.29 is 18.8 Å². The summed E-state index contributed by atoms with van der Waals surface area (Å²) in [4.78, 5) is 25.7. The van der Waals surface area contributed by atoms with Crippen LogP contribution >= 0.6 is 11.6 Å². The van der Waals surface area contributed by atoms with Gasteiger partial charge in [-0.05, 0) is 6.92 Å². The molecule has 2 amide bonds.